The molecule has 7 atom stereocenters. The molecule has 3 heterocycles. The first kappa shape index (κ1) is 63.6. The molecule has 0 unspecified atom stereocenters. The normalized spacial score (nSPS) is 15.9. The van der Waals surface area contributed by atoms with Gasteiger partial charge in [0.25, 0.3) is 11.8 Å². The van der Waals surface area contributed by atoms with Crippen LogP contribution in [0.5, 0.6) is 0 Å². The van der Waals surface area contributed by atoms with Crippen molar-refractivity contribution in [2.75, 3.05) is 45.8 Å². The Kier molecular flexibility index (Phi) is 28.1. The molecule has 2 aromatic rings. The lowest BCUT2D eigenvalue weighted by Gasteiger charge is -2.27. The second-order valence-corrected chi connectivity index (χ2v) is 17.9. The number of likely N-dealkylation sites (tertiary alicyclic amines) is 1. The van der Waals surface area contributed by atoms with Gasteiger partial charge in [0.2, 0.25) is 35.4 Å². The van der Waals surface area contributed by atoms with Crippen LogP contribution in [-0.4, -0.2) is 188 Å². The van der Waals surface area contributed by atoms with Crippen LogP contribution in [0.2, 0.25) is 0 Å². The molecule has 77 heavy (non-hydrogen) atoms. The zero-order valence-corrected chi connectivity index (χ0v) is 42.9. The van der Waals surface area contributed by atoms with E-state index in [1.54, 1.807) is 0 Å². The molecule has 1 fully saturated rings. The summed E-state index contributed by atoms with van der Waals surface area (Å²) in [7, 11) is 0. The third-order valence-corrected chi connectivity index (χ3v) is 11.9. The molecule has 31 heteroatoms. The number of aromatic amines is 2. The fraction of sp³-hybridized carbons (Fsp3) is 0.587. The number of carboxylic acid groups (broad SMARTS) is 1. The van der Waals surface area contributed by atoms with Gasteiger partial charge in [0, 0.05) is 56.3 Å². The number of guanidine groups is 1. The number of unbranched alkanes of at least 4 members (excludes halogenated alkanes) is 2. The van der Waals surface area contributed by atoms with E-state index in [1.807, 2.05) is 0 Å². The molecule has 426 valence electrons. The number of carbonyl (C=O) groups excluding carboxylic acids is 8. The summed E-state index contributed by atoms with van der Waals surface area (Å²) in [5.74, 6) is -8.56. The SMILES string of the molecule is NCCCC[C@H](NC(=O)[C@H](Cc1cnc[nH]1)NC(=O)[C@@H]1CCCN1C(=O)C(CCCN)=NC(=O)CNC(=O)[C@H](Cc1cnc[nH]1)NC(=O)[C@@H](NC(=O)[C@@H](N)CCCCN)[C@@H](O)CN)C(=O)N/C(=C\CCN=C(N)N)C(=O)O. The zero-order chi connectivity index (χ0) is 56.9. The van der Waals surface area contributed by atoms with Crippen molar-refractivity contribution in [3.63, 3.8) is 0 Å². The number of aliphatic hydroxyl groups is 1. The highest BCUT2D eigenvalue weighted by Gasteiger charge is 2.39. The van der Waals surface area contributed by atoms with Gasteiger partial charge in [0.15, 0.2) is 5.96 Å². The fourth-order valence-electron chi connectivity index (χ4n) is 7.81. The minimum absolute atomic E-state index is 0.0347. The lowest BCUT2D eigenvalue weighted by molar-refractivity contribution is -0.137. The molecule has 0 aromatic carbocycles. The molecule has 0 bridgehead atoms. The molecular formula is C46H76N20O11. The third kappa shape index (κ3) is 22.2. The van der Waals surface area contributed by atoms with Crippen molar-refractivity contribution in [3.8, 4) is 0 Å². The Labute approximate surface area is 444 Å². The summed E-state index contributed by atoms with van der Waals surface area (Å²) in [4.78, 5) is 144. The number of rotatable bonds is 35. The average Bonchev–Trinajstić information content (AvgIpc) is 4.23. The summed E-state index contributed by atoms with van der Waals surface area (Å²) in [6, 6.07) is -7.95. The Morgan fingerprint density at radius 2 is 1.38 bits per heavy atom. The second-order valence-electron chi connectivity index (χ2n) is 17.9. The summed E-state index contributed by atoms with van der Waals surface area (Å²) in [6.07, 6.45) is 7.57. The van der Waals surface area contributed by atoms with E-state index in [1.165, 1.54) is 36.0 Å². The minimum atomic E-state index is -1.63. The average molecular weight is 1090 g/mol. The lowest BCUT2D eigenvalue weighted by atomic mass is 10.1. The summed E-state index contributed by atoms with van der Waals surface area (Å²) >= 11 is 0. The van der Waals surface area contributed by atoms with Crippen LogP contribution in [0.15, 0.2) is 46.8 Å². The van der Waals surface area contributed by atoms with Crippen LogP contribution >= 0.6 is 0 Å². The Hall–Kier alpha value is -7.71. The number of aliphatic hydroxyl groups excluding tert-OH is 1. The van der Waals surface area contributed by atoms with Gasteiger partial charge in [-0.1, -0.05) is 12.5 Å². The topological polar surface area (TPSA) is 534 Å². The number of hydrogen-bond donors (Lipinski definition) is 17. The number of nitrogens with zero attached hydrogens (tertiary/aromatic N) is 5. The van der Waals surface area contributed by atoms with Crippen molar-refractivity contribution >= 4 is 64.9 Å². The van der Waals surface area contributed by atoms with Gasteiger partial charge in [-0.15, -0.1) is 0 Å². The van der Waals surface area contributed by atoms with E-state index < -0.39 is 114 Å². The van der Waals surface area contributed by atoms with Crippen LogP contribution in [0.1, 0.15) is 82.0 Å². The number of nitrogens with two attached hydrogens (primary N) is 7. The van der Waals surface area contributed by atoms with E-state index in [4.69, 9.17) is 40.1 Å². The molecule has 1 saturated heterocycles. The lowest BCUT2D eigenvalue weighted by Crippen LogP contribution is -2.61. The van der Waals surface area contributed by atoms with Gasteiger partial charge in [-0.2, -0.15) is 0 Å². The van der Waals surface area contributed by atoms with Gasteiger partial charge in [-0.05, 0) is 83.8 Å². The number of H-pyrrole nitrogens is 2. The summed E-state index contributed by atoms with van der Waals surface area (Å²) < 4.78 is 0. The number of nitrogens with one attached hydrogen (secondary N) is 8. The maximum absolute atomic E-state index is 14.2. The minimum Gasteiger partial charge on any atom is -0.477 e. The van der Waals surface area contributed by atoms with Gasteiger partial charge in [0.1, 0.15) is 41.6 Å². The van der Waals surface area contributed by atoms with Crippen LogP contribution in [0.25, 0.3) is 0 Å². The van der Waals surface area contributed by atoms with Crippen LogP contribution in [0.4, 0.5) is 0 Å². The van der Waals surface area contributed by atoms with Crippen molar-refractivity contribution in [3.05, 3.63) is 48.2 Å². The quantitative estimate of drug-likeness (QED) is 0.0132. The summed E-state index contributed by atoms with van der Waals surface area (Å²) in [6.45, 7) is -0.415. The number of carboxylic acids is 1. The van der Waals surface area contributed by atoms with Crippen LogP contribution in [0.3, 0.4) is 0 Å². The molecule has 8 amide bonds. The van der Waals surface area contributed by atoms with E-state index >= 15 is 0 Å². The summed E-state index contributed by atoms with van der Waals surface area (Å²) in [5.41, 5.74) is 39.3. The molecule has 0 radical (unpaired) electrons. The molecule has 0 spiro atoms. The highest BCUT2D eigenvalue weighted by molar-refractivity contribution is 6.40. The van der Waals surface area contributed by atoms with Crippen LogP contribution in [-0.2, 0) is 56.0 Å². The second kappa shape index (κ2) is 34.1. The van der Waals surface area contributed by atoms with E-state index in [9.17, 15) is 53.4 Å². The first-order chi connectivity index (χ1) is 36.8. The highest BCUT2D eigenvalue weighted by atomic mass is 16.4. The van der Waals surface area contributed by atoms with E-state index in [0.29, 0.717) is 50.0 Å². The van der Waals surface area contributed by atoms with Crippen molar-refractivity contribution in [1.29, 1.82) is 0 Å². The van der Waals surface area contributed by atoms with Crippen molar-refractivity contribution < 1.29 is 53.4 Å². The number of hydrogen-bond acceptors (Lipinski definition) is 18. The molecule has 1 aliphatic rings. The third-order valence-electron chi connectivity index (χ3n) is 11.9. The van der Waals surface area contributed by atoms with Gasteiger partial charge in [-0.25, -0.2) is 19.8 Å². The Morgan fingerprint density at radius 3 is 1.95 bits per heavy atom. The molecular weight excluding hydrogens is 1010 g/mol. The molecule has 0 saturated carbocycles. The van der Waals surface area contributed by atoms with E-state index in [0.717, 1.165) is 0 Å². The maximum Gasteiger partial charge on any atom is 0.352 e. The highest BCUT2D eigenvalue weighted by Crippen LogP contribution is 2.20. The molecule has 31 nitrogen and oxygen atoms in total. The standard InChI is InChI=1S/C46H76N20O11/c47-13-3-1-8-28(51)38(69)65-37(35(67)20-50)43(74)64-32(18-26-21-54-24-58-26)39(70)57-23-36(68)60-30(10-5-15-49)44(75)66-17-7-12-34(66)42(73)63-33(19-27-22-55-25-59-27)41(72)61-29(9-2-4-14-48)40(71)62-31(45(76)77)11-6-16-56-46(52)53/h11,21-22,24-25,28-29,32-35,37,67H,1-10,12-20,23,47-51H2,(H,54,58)(H,55,59)(H,57,70)(H,61,72)(H,62,71)(H,63,73)(H,64,74)(H,65,69)(H,76,77)(H4,52,53,56)/b31-11-,60-30?/t28-,29-,32-,33-,34-,35-,37-/m0/s1. The van der Waals surface area contributed by atoms with E-state index in [-0.39, 0.29) is 89.2 Å². The number of carbonyl (C=O) groups is 9. The smallest absolute Gasteiger partial charge is 0.352 e. The largest absolute Gasteiger partial charge is 0.477 e. The maximum atomic E-state index is 14.2. The van der Waals surface area contributed by atoms with Gasteiger partial charge in [0.05, 0.1) is 31.3 Å². The zero-order valence-electron chi connectivity index (χ0n) is 42.9. The fourth-order valence-corrected chi connectivity index (χ4v) is 7.81. The van der Waals surface area contributed by atoms with Gasteiger partial charge >= 0.3 is 5.97 Å². The van der Waals surface area contributed by atoms with Crippen LogP contribution < -0.4 is 72.0 Å². The van der Waals surface area contributed by atoms with Crippen molar-refractivity contribution in [2.45, 2.75) is 126 Å². The molecule has 2 aromatic heterocycles. The number of aliphatic carboxylic acids is 1. The molecule has 0 aliphatic carbocycles. The number of imidazole rings is 2. The Bertz CT molecular complexity index is 2340. The molecule has 3 rings (SSSR count). The van der Waals surface area contributed by atoms with Crippen LogP contribution in [0, 0.1) is 0 Å². The first-order valence-electron chi connectivity index (χ1n) is 25.2. The summed E-state index contributed by atoms with van der Waals surface area (Å²) in [5, 5.41) is 35.3. The Morgan fingerprint density at radius 1 is 0.766 bits per heavy atom. The predicted molar refractivity (Wildman–Crippen MR) is 279 cm³/mol. The predicted octanol–water partition coefficient (Wildman–Crippen LogP) is -6.68. The number of aliphatic imine (C=N–C) groups is 2. The number of amides is 8. The molecule has 1 aliphatic heterocycles. The van der Waals surface area contributed by atoms with E-state index in [2.05, 4.69) is 61.8 Å². The monoisotopic (exact) mass is 1080 g/mol. The van der Waals surface area contributed by atoms with Gasteiger partial charge in [-0.3, -0.25) is 43.3 Å². The van der Waals surface area contributed by atoms with Crippen molar-refractivity contribution in [2.24, 2.45) is 50.1 Å². The first-order valence-corrected chi connectivity index (χ1v) is 25.2. The van der Waals surface area contributed by atoms with Crippen molar-refractivity contribution in [1.82, 2.24) is 56.7 Å². The molecule has 24 N–H and O–H groups in total. The van der Waals surface area contributed by atoms with Gasteiger partial charge < -0.3 is 97.1 Å². The Balaban J connectivity index is 1.81. The number of aromatic nitrogens is 4.